The normalized spacial score (nSPS) is 12.1. The minimum atomic E-state index is -0.342. The summed E-state index contributed by atoms with van der Waals surface area (Å²) in [6, 6.07) is 7.93. The summed E-state index contributed by atoms with van der Waals surface area (Å²) in [7, 11) is 1.65. The first kappa shape index (κ1) is 17.4. The summed E-state index contributed by atoms with van der Waals surface area (Å²) in [5.74, 6) is -0.342. The molecule has 0 bridgehead atoms. The Morgan fingerprint density at radius 3 is 2.41 bits per heavy atom. The average Bonchev–Trinajstić information content (AvgIpc) is 2.47. The van der Waals surface area contributed by atoms with Crippen LogP contribution in [-0.2, 0) is 0 Å². The zero-order valence-corrected chi connectivity index (χ0v) is 14.8. The lowest BCUT2D eigenvalue weighted by molar-refractivity contribution is 0.0737. The molecule has 0 radical (unpaired) electrons. The molecule has 0 saturated heterocycles. The lowest BCUT2D eigenvalue weighted by Gasteiger charge is -2.26. The fourth-order valence-electron chi connectivity index (χ4n) is 1.96. The van der Waals surface area contributed by atoms with Crippen molar-refractivity contribution in [2.75, 3.05) is 7.05 Å². The third-order valence-corrected chi connectivity index (χ3v) is 4.41. The second-order valence-corrected chi connectivity index (χ2v) is 6.36. The Labute approximate surface area is 148 Å². The molecule has 0 aliphatic heterocycles. The van der Waals surface area contributed by atoms with Crippen molar-refractivity contribution in [3.63, 3.8) is 0 Å². The van der Waals surface area contributed by atoms with Crippen LogP contribution in [0.4, 0.5) is 0 Å². The first-order valence-corrected chi connectivity index (χ1v) is 7.86. The van der Waals surface area contributed by atoms with Crippen molar-refractivity contribution in [2.45, 2.75) is 13.0 Å². The van der Waals surface area contributed by atoms with E-state index in [0.717, 1.165) is 5.56 Å². The van der Waals surface area contributed by atoms with Crippen molar-refractivity contribution in [2.24, 2.45) is 0 Å². The van der Waals surface area contributed by atoms with Gasteiger partial charge in [-0.1, -0.05) is 52.5 Å². The molecule has 0 saturated carbocycles. The fraction of sp³-hybridized carbons (Fsp3) is 0.200. The summed E-state index contributed by atoms with van der Waals surface area (Å²) in [5, 5.41) is 1.48. The van der Waals surface area contributed by atoms with Crippen LogP contribution in [0.15, 0.2) is 30.3 Å². The van der Waals surface area contributed by atoms with Crippen LogP contribution in [-0.4, -0.2) is 22.8 Å². The molecule has 3 nitrogen and oxygen atoms in total. The predicted octanol–water partition coefficient (Wildman–Crippen LogP) is 5.53. The molecule has 1 aromatic carbocycles. The average molecular weight is 378 g/mol. The van der Waals surface area contributed by atoms with Gasteiger partial charge in [-0.05, 0) is 36.8 Å². The van der Waals surface area contributed by atoms with E-state index < -0.39 is 0 Å². The van der Waals surface area contributed by atoms with E-state index >= 15 is 0 Å². The predicted molar refractivity (Wildman–Crippen MR) is 91.2 cm³/mol. The summed E-state index contributed by atoms with van der Waals surface area (Å²) >= 11 is 23.9. The van der Waals surface area contributed by atoms with Gasteiger partial charge in [-0.25, -0.2) is 4.98 Å². The van der Waals surface area contributed by atoms with Gasteiger partial charge in [-0.2, -0.15) is 0 Å². The molecule has 7 heteroatoms. The molecule has 2 rings (SSSR count). The van der Waals surface area contributed by atoms with Crippen LogP contribution in [0.2, 0.25) is 20.2 Å². The monoisotopic (exact) mass is 376 g/mol. The largest absolute Gasteiger partial charge is 0.334 e. The maximum Gasteiger partial charge on any atom is 0.274 e. The molecule has 0 N–H and O–H groups in total. The van der Waals surface area contributed by atoms with Crippen molar-refractivity contribution in [3.05, 3.63) is 61.8 Å². The highest BCUT2D eigenvalue weighted by atomic mass is 35.5. The number of rotatable bonds is 3. The minimum Gasteiger partial charge on any atom is -0.334 e. The summed E-state index contributed by atoms with van der Waals surface area (Å²) in [4.78, 5) is 18.1. The minimum absolute atomic E-state index is 0.105. The fourth-order valence-corrected chi connectivity index (χ4v) is 2.86. The van der Waals surface area contributed by atoms with Crippen LogP contribution in [0.3, 0.4) is 0 Å². The molecule has 1 heterocycles. The van der Waals surface area contributed by atoms with E-state index in [1.54, 1.807) is 25.2 Å². The number of benzene rings is 1. The van der Waals surface area contributed by atoms with Crippen LogP contribution < -0.4 is 0 Å². The number of carbonyl (C=O) groups is 1. The van der Waals surface area contributed by atoms with E-state index in [9.17, 15) is 4.79 Å². The summed E-state index contributed by atoms with van der Waals surface area (Å²) < 4.78 is 0. The van der Waals surface area contributed by atoms with Crippen LogP contribution in [0.25, 0.3) is 0 Å². The topological polar surface area (TPSA) is 33.2 Å². The molecule has 1 amide bonds. The summed E-state index contributed by atoms with van der Waals surface area (Å²) in [6.45, 7) is 1.85. The van der Waals surface area contributed by atoms with Crippen molar-refractivity contribution in [3.8, 4) is 0 Å². The quantitative estimate of drug-likeness (QED) is 0.659. The number of amides is 1. The van der Waals surface area contributed by atoms with Gasteiger partial charge in [0.25, 0.3) is 5.91 Å². The summed E-state index contributed by atoms with van der Waals surface area (Å²) in [6.07, 6.45) is 0. The van der Waals surface area contributed by atoms with Gasteiger partial charge in [0.05, 0.1) is 11.1 Å². The third kappa shape index (κ3) is 3.66. The highest BCUT2D eigenvalue weighted by Gasteiger charge is 2.23. The van der Waals surface area contributed by atoms with Gasteiger partial charge in [-0.3, -0.25) is 4.79 Å². The van der Waals surface area contributed by atoms with Gasteiger partial charge in [0.2, 0.25) is 0 Å². The smallest absolute Gasteiger partial charge is 0.274 e. The molecule has 1 aromatic heterocycles. The van der Waals surface area contributed by atoms with Crippen molar-refractivity contribution in [1.29, 1.82) is 0 Å². The lowest BCUT2D eigenvalue weighted by Crippen LogP contribution is -2.30. The molecule has 1 atom stereocenters. The highest BCUT2D eigenvalue weighted by molar-refractivity contribution is 6.35. The maximum atomic E-state index is 12.6. The molecular formula is C15H12Cl4N2O. The molecule has 116 valence electrons. The van der Waals surface area contributed by atoms with E-state index in [2.05, 4.69) is 4.98 Å². The van der Waals surface area contributed by atoms with Crippen molar-refractivity contribution < 1.29 is 4.79 Å². The standard InChI is InChI=1S/C15H12Cl4N2O/c1-8(10-4-3-9(16)7-12(10)18)21(2)15(22)14-11(17)5-6-13(19)20-14/h3-8H,1-2H3. The van der Waals surface area contributed by atoms with Crippen LogP contribution >= 0.6 is 46.4 Å². The number of halogens is 4. The van der Waals surface area contributed by atoms with E-state index in [1.807, 2.05) is 6.92 Å². The van der Waals surface area contributed by atoms with Gasteiger partial charge in [0, 0.05) is 17.1 Å². The van der Waals surface area contributed by atoms with Crippen molar-refractivity contribution in [1.82, 2.24) is 9.88 Å². The number of hydrogen-bond donors (Lipinski definition) is 0. The van der Waals surface area contributed by atoms with E-state index in [4.69, 9.17) is 46.4 Å². The van der Waals surface area contributed by atoms with Crippen molar-refractivity contribution >= 4 is 52.3 Å². The number of pyridine rings is 1. The van der Waals surface area contributed by atoms with Crippen LogP contribution in [0, 0.1) is 0 Å². The molecular weight excluding hydrogens is 366 g/mol. The van der Waals surface area contributed by atoms with Gasteiger partial charge in [0.1, 0.15) is 10.8 Å². The molecule has 0 fully saturated rings. The molecule has 0 spiro atoms. The number of nitrogens with zero attached hydrogens (tertiary/aromatic N) is 2. The molecule has 2 aromatic rings. The van der Waals surface area contributed by atoms with Gasteiger partial charge >= 0.3 is 0 Å². The molecule has 0 aliphatic carbocycles. The third-order valence-electron chi connectivity index (χ3n) is 3.33. The summed E-state index contributed by atoms with van der Waals surface area (Å²) in [5.41, 5.74) is 0.883. The molecule has 0 aliphatic rings. The highest BCUT2D eigenvalue weighted by Crippen LogP contribution is 2.30. The second-order valence-electron chi connectivity index (χ2n) is 4.72. The zero-order valence-electron chi connectivity index (χ0n) is 11.8. The molecule has 1 unspecified atom stereocenters. The second kappa shape index (κ2) is 7.05. The Kier molecular flexibility index (Phi) is 5.56. The van der Waals surface area contributed by atoms with Gasteiger partial charge in [-0.15, -0.1) is 0 Å². The number of hydrogen-bond acceptors (Lipinski definition) is 2. The van der Waals surface area contributed by atoms with Gasteiger partial charge in [0.15, 0.2) is 0 Å². The Morgan fingerprint density at radius 1 is 1.09 bits per heavy atom. The maximum absolute atomic E-state index is 12.6. The van der Waals surface area contributed by atoms with E-state index in [-0.39, 0.29) is 27.8 Å². The first-order valence-electron chi connectivity index (χ1n) is 6.35. The zero-order chi connectivity index (χ0) is 16.4. The Morgan fingerprint density at radius 2 is 1.77 bits per heavy atom. The van der Waals surface area contributed by atoms with Gasteiger partial charge < -0.3 is 4.90 Å². The molecule has 22 heavy (non-hydrogen) atoms. The SMILES string of the molecule is CC(c1ccc(Cl)cc1Cl)N(C)C(=O)c1nc(Cl)ccc1Cl. The lowest BCUT2D eigenvalue weighted by atomic mass is 10.1. The van der Waals surface area contributed by atoms with Crippen LogP contribution in [0.5, 0.6) is 0 Å². The Balaban J connectivity index is 2.32. The first-order chi connectivity index (χ1) is 10.3. The number of aromatic nitrogens is 1. The Hall–Kier alpha value is -1.000. The van der Waals surface area contributed by atoms with Crippen LogP contribution in [0.1, 0.15) is 29.0 Å². The Bertz CT molecular complexity index is 721. The van der Waals surface area contributed by atoms with E-state index in [1.165, 1.54) is 17.0 Å². The number of carbonyl (C=O) groups excluding carboxylic acids is 1. The van der Waals surface area contributed by atoms with E-state index in [0.29, 0.717) is 10.0 Å².